The van der Waals surface area contributed by atoms with Crippen LogP contribution in [0.25, 0.3) is 0 Å². The van der Waals surface area contributed by atoms with E-state index >= 15 is 0 Å². The highest BCUT2D eigenvalue weighted by molar-refractivity contribution is 6.40. The third-order valence-electron chi connectivity index (χ3n) is 2.73. The van der Waals surface area contributed by atoms with Gasteiger partial charge in [0.2, 0.25) is 5.78 Å². The highest BCUT2D eigenvalue weighted by atomic mass is 16.3. The number of aryl methyl sites for hydroxylation is 1. The zero-order valence-electron chi connectivity index (χ0n) is 11.5. The fourth-order valence-electron chi connectivity index (χ4n) is 1.67. The molecule has 0 saturated carbocycles. The second kappa shape index (κ2) is 6.04. The van der Waals surface area contributed by atoms with E-state index in [4.69, 9.17) is 4.42 Å². The van der Waals surface area contributed by atoms with Crippen molar-refractivity contribution in [3.05, 3.63) is 36.0 Å². The number of nitrogens with one attached hydrogen (secondary N) is 2. The average molecular weight is 290 g/mol. The molecule has 0 atom stereocenters. The van der Waals surface area contributed by atoms with E-state index in [1.54, 1.807) is 19.2 Å². The summed E-state index contributed by atoms with van der Waals surface area (Å²) in [5.74, 6) is -1.30. The van der Waals surface area contributed by atoms with Crippen LogP contribution >= 0.6 is 0 Å². The molecule has 0 aliphatic heterocycles. The van der Waals surface area contributed by atoms with Crippen molar-refractivity contribution >= 4 is 23.3 Å². The smallest absolute Gasteiger partial charge is 0.291 e. The summed E-state index contributed by atoms with van der Waals surface area (Å²) in [5.41, 5.74) is 0.325. The van der Waals surface area contributed by atoms with Crippen LogP contribution in [0.1, 0.15) is 23.2 Å². The van der Waals surface area contributed by atoms with Crippen LogP contribution in [0.3, 0.4) is 0 Å². The predicted molar refractivity (Wildman–Crippen MR) is 72.4 cm³/mol. The molecular weight excluding hydrogens is 276 g/mol. The van der Waals surface area contributed by atoms with Gasteiger partial charge in [0, 0.05) is 14.0 Å². The molecule has 0 aliphatic carbocycles. The summed E-state index contributed by atoms with van der Waals surface area (Å²) in [6.45, 7) is 1.35. The maximum Gasteiger partial charge on any atom is 0.291 e. The van der Waals surface area contributed by atoms with Gasteiger partial charge in [0.1, 0.15) is 11.5 Å². The van der Waals surface area contributed by atoms with Crippen LogP contribution in [0.2, 0.25) is 0 Å². The molecule has 110 valence electrons. The van der Waals surface area contributed by atoms with Crippen molar-refractivity contribution in [2.45, 2.75) is 13.5 Å². The maximum absolute atomic E-state index is 12.1. The molecule has 0 aliphatic rings. The first-order valence-corrected chi connectivity index (χ1v) is 6.13. The summed E-state index contributed by atoms with van der Waals surface area (Å²) >= 11 is 0. The van der Waals surface area contributed by atoms with Gasteiger partial charge in [0.15, 0.2) is 0 Å². The first kappa shape index (κ1) is 14.5. The summed E-state index contributed by atoms with van der Waals surface area (Å²) in [4.78, 5) is 34.5. The lowest BCUT2D eigenvalue weighted by molar-refractivity contribution is -0.133. The predicted octanol–water partition coefficient (Wildman–Crippen LogP) is 0.471. The van der Waals surface area contributed by atoms with Crippen molar-refractivity contribution in [3.8, 4) is 0 Å². The molecule has 0 saturated heterocycles. The van der Waals surface area contributed by atoms with E-state index in [0.717, 1.165) is 6.92 Å². The minimum Gasteiger partial charge on any atom is -0.467 e. The summed E-state index contributed by atoms with van der Waals surface area (Å²) in [7, 11) is 1.56. The first-order chi connectivity index (χ1) is 9.99. The van der Waals surface area contributed by atoms with E-state index < -0.39 is 17.6 Å². The number of anilines is 1. The van der Waals surface area contributed by atoms with E-state index in [2.05, 4.69) is 15.7 Å². The van der Waals surface area contributed by atoms with Crippen LogP contribution in [-0.4, -0.2) is 27.4 Å². The molecule has 2 aromatic rings. The monoisotopic (exact) mass is 290 g/mol. The van der Waals surface area contributed by atoms with Gasteiger partial charge in [-0.2, -0.15) is 5.10 Å². The number of rotatable bonds is 5. The van der Waals surface area contributed by atoms with E-state index in [1.165, 1.54) is 17.1 Å². The van der Waals surface area contributed by atoms with Gasteiger partial charge in [-0.3, -0.25) is 19.1 Å². The number of furan rings is 1. The van der Waals surface area contributed by atoms with Gasteiger partial charge in [-0.25, -0.2) is 0 Å². The molecule has 0 unspecified atom stereocenters. The Kier molecular flexibility index (Phi) is 4.17. The van der Waals surface area contributed by atoms with E-state index in [0.29, 0.717) is 5.76 Å². The van der Waals surface area contributed by atoms with Crippen molar-refractivity contribution in [1.82, 2.24) is 15.1 Å². The van der Waals surface area contributed by atoms with Crippen LogP contribution in [0, 0.1) is 0 Å². The van der Waals surface area contributed by atoms with Crippen LogP contribution in [0.15, 0.2) is 29.0 Å². The molecule has 8 heteroatoms. The Balaban J connectivity index is 2.11. The first-order valence-electron chi connectivity index (χ1n) is 6.13. The summed E-state index contributed by atoms with van der Waals surface area (Å²) in [6, 6.07) is 3.44. The largest absolute Gasteiger partial charge is 0.467 e. The molecule has 0 spiro atoms. The van der Waals surface area contributed by atoms with Gasteiger partial charge in [-0.1, -0.05) is 0 Å². The Bertz CT molecular complexity index is 672. The number of hydrogen-bond acceptors (Lipinski definition) is 5. The lowest BCUT2D eigenvalue weighted by Gasteiger charge is -2.07. The number of ketones is 1. The van der Waals surface area contributed by atoms with Gasteiger partial charge in [-0.15, -0.1) is 0 Å². The highest BCUT2D eigenvalue weighted by Gasteiger charge is 2.19. The Morgan fingerprint density at radius 2 is 2.14 bits per heavy atom. The highest BCUT2D eigenvalue weighted by Crippen LogP contribution is 2.14. The second-order valence-electron chi connectivity index (χ2n) is 4.30. The Morgan fingerprint density at radius 1 is 1.38 bits per heavy atom. The van der Waals surface area contributed by atoms with Crippen molar-refractivity contribution < 1.29 is 18.8 Å². The molecule has 2 amide bonds. The fourth-order valence-corrected chi connectivity index (χ4v) is 1.67. The minimum atomic E-state index is -0.803. The standard InChI is InChI=1S/C13H14N4O4/c1-8(18)12(19)16-10-7-15-17(2)11(10)13(20)14-6-9-4-3-5-21-9/h3-5,7H,6H2,1-2H3,(H,14,20)(H,16,19). The van der Waals surface area contributed by atoms with Crippen molar-refractivity contribution in [2.75, 3.05) is 5.32 Å². The van der Waals surface area contributed by atoms with Gasteiger partial charge in [-0.05, 0) is 12.1 Å². The van der Waals surface area contributed by atoms with Gasteiger partial charge in [0.25, 0.3) is 11.8 Å². The third kappa shape index (κ3) is 3.35. The Hall–Kier alpha value is -2.90. The summed E-state index contributed by atoms with van der Waals surface area (Å²) in [5, 5.41) is 8.89. The lowest BCUT2D eigenvalue weighted by Crippen LogP contribution is -2.27. The quantitative estimate of drug-likeness (QED) is 0.779. The van der Waals surface area contributed by atoms with Crippen LogP contribution in [-0.2, 0) is 23.2 Å². The average Bonchev–Trinajstić information content (AvgIpc) is 3.06. The van der Waals surface area contributed by atoms with Crippen LogP contribution in [0.5, 0.6) is 0 Å². The molecule has 2 aromatic heterocycles. The number of nitrogens with zero attached hydrogens (tertiary/aromatic N) is 2. The SMILES string of the molecule is CC(=O)C(=O)Nc1cnn(C)c1C(=O)NCc1ccco1. The summed E-state index contributed by atoms with van der Waals surface area (Å²) in [6.07, 6.45) is 2.81. The second-order valence-corrected chi connectivity index (χ2v) is 4.30. The van der Waals surface area contributed by atoms with E-state index in [1.807, 2.05) is 0 Å². The number of carbonyl (C=O) groups is 3. The number of hydrogen-bond donors (Lipinski definition) is 2. The minimum absolute atomic E-state index is 0.149. The molecule has 2 N–H and O–H groups in total. The lowest BCUT2D eigenvalue weighted by atomic mass is 10.3. The van der Waals surface area contributed by atoms with Crippen molar-refractivity contribution in [3.63, 3.8) is 0 Å². The molecule has 8 nitrogen and oxygen atoms in total. The van der Waals surface area contributed by atoms with Gasteiger partial charge >= 0.3 is 0 Å². The molecule has 0 bridgehead atoms. The van der Waals surface area contributed by atoms with Gasteiger partial charge in [0.05, 0.1) is 24.7 Å². The van der Waals surface area contributed by atoms with Crippen molar-refractivity contribution in [1.29, 1.82) is 0 Å². The molecule has 0 fully saturated rings. The number of amides is 2. The number of Topliss-reactive ketones (excluding diaryl/α,β-unsaturated/α-hetero) is 1. The van der Waals surface area contributed by atoms with Crippen LogP contribution < -0.4 is 10.6 Å². The molecule has 2 heterocycles. The van der Waals surface area contributed by atoms with Crippen molar-refractivity contribution in [2.24, 2.45) is 7.05 Å². The fraction of sp³-hybridized carbons (Fsp3) is 0.231. The normalized spacial score (nSPS) is 10.2. The third-order valence-corrected chi connectivity index (χ3v) is 2.73. The van der Waals surface area contributed by atoms with Crippen LogP contribution in [0.4, 0.5) is 5.69 Å². The topological polar surface area (TPSA) is 106 Å². The Labute approximate surface area is 120 Å². The molecule has 0 radical (unpaired) electrons. The van der Waals surface area contributed by atoms with E-state index in [9.17, 15) is 14.4 Å². The zero-order chi connectivity index (χ0) is 15.4. The Morgan fingerprint density at radius 3 is 2.76 bits per heavy atom. The molecule has 0 aromatic carbocycles. The molecule has 2 rings (SSSR count). The molecule has 21 heavy (non-hydrogen) atoms. The van der Waals surface area contributed by atoms with Gasteiger partial charge < -0.3 is 15.1 Å². The molecular formula is C13H14N4O4. The number of carbonyl (C=O) groups excluding carboxylic acids is 3. The summed E-state index contributed by atoms with van der Waals surface area (Å²) < 4.78 is 6.42. The maximum atomic E-state index is 12.1. The number of aromatic nitrogens is 2. The zero-order valence-corrected chi connectivity index (χ0v) is 11.5. The van der Waals surface area contributed by atoms with E-state index in [-0.39, 0.29) is 17.9 Å².